The smallest absolute Gasteiger partial charge is 0.287 e. The molecule has 1 N–H and O–H groups in total. The molecule has 0 aliphatic rings. The number of carbonyl (C=O) groups excluding carboxylic acids is 1. The molecule has 5 nitrogen and oxygen atoms in total. The second-order valence-electron chi connectivity index (χ2n) is 2.48. The minimum Gasteiger partial charge on any atom is -0.324 e. The fourth-order valence-corrected chi connectivity index (χ4v) is 1.01. The Kier molecular flexibility index (Phi) is 2.67. The van der Waals surface area contributed by atoms with Gasteiger partial charge >= 0.3 is 0 Å². The molecular weight excluding hydrogens is 194 g/mol. The van der Waals surface area contributed by atoms with Crippen LogP contribution in [0.4, 0.5) is 5.69 Å². The van der Waals surface area contributed by atoms with Crippen LogP contribution in [0, 0.1) is 0 Å². The molecule has 0 saturated carbocycles. The number of aromatic nitrogens is 2. The summed E-state index contributed by atoms with van der Waals surface area (Å²) < 4.78 is 1.09. The molecule has 0 fully saturated rings. The molecule has 0 saturated heterocycles. The van der Waals surface area contributed by atoms with Gasteiger partial charge in [-0.2, -0.15) is 5.10 Å². The van der Waals surface area contributed by atoms with Crippen molar-refractivity contribution >= 4 is 23.2 Å². The van der Waals surface area contributed by atoms with Crippen LogP contribution in [0.2, 0.25) is 5.02 Å². The Morgan fingerprint density at radius 2 is 2.31 bits per heavy atom. The van der Waals surface area contributed by atoms with E-state index in [1.165, 1.54) is 20.2 Å². The van der Waals surface area contributed by atoms with Crippen LogP contribution in [0.1, 0.15) is 6.92 Å². The van der Waals surface area contributed by atoms with Crippen LogP contribution in [0.5, 0.6) is 0 Å². The van der Waals surface area contributed by atoms with Crippen molar-refractivity contribution in [2.24, 2.45) is 7.05 Å². The maximum Gasteiger partial charge on any atom is 0.287 e. The van der Waals surface area contributed by atoms with Crippen LogP contribution in [-0.2, 0) is 11.8 Å². The average Bonchev–Trinajstić information content (AvgIpc) is 2.06. The summed E-state index contributed by atoms with van der Waals surface area (Å²) in [5.74, 6) is -0.294. The molecule has 0 aromatic carbocycles. The molecule has 0 aliphatic carbocycles. The molecule has 1 rings (SSSR count). The maximum atomic E-state index is 11.2. The molecule has 0 radical (unpaired) electrons. The van der Waals surface area contributed by atoms with Gasteiger partial charge in [-0.15, -0.1) is 0 Å². The number of anilines is 1. The van der Waals surface area contributed by atoms with E-state index < -0.39 is 5.56 Å². The van der Waals surface area contributed by atoms with Crippen molar-refractivity contribution in [3.8, 4) is 0 Å². The Labute approximate surface area is 79.3 Å². The lowest BCUT2D eigenvalue weighted by molar-refractivity contribution is -0.114. The third-order valence-corrected chi connectivity index (χ3v) is 1.75. The zero-order chi connectivity index (χ0) is 10.0. The molecule has 0 aliphatic heterocycles. The Morgan fingerprint density at radius 1 is 1.69 bits per heavy atom. The van der Waals surface area contributed by atoms with Gasteiger partial charge in [-0.1, -0.05) is 11.6 Å². The predicted octanol–water partition coefficient (Wildman–Crippen LogP) is 0.392. The number of nitrogens with zero attached hydrogens (tertiary/aromatic N) is 2. The second kappa shape index (κ2) is 3.57. The van der Waals surface area contributed by atoms with Crippen molar-refractivity contribution in [3.63, 3.8) is 0 Å². The summed E-state index contributed by atoms with van der Waals surface area (Å²) >= 11 is 5.65. The number of aryl methyl sites for hydroxylation is 1. The van der Waals surface area contributed by atoms with Crippen molar-refractivity contribution in [1.82, 2.24) is 9.78 Å². The van der Waals surface area contributed by atoms with Crippen molar-refractivity contribution in [2.75, 3.05) is 5.32 Å². The first-order chi connectivity index (χ1) is 6.02. The third kappa shape index (κ3) is 2.06. The zero-order valence-corrected chi connectivity index (χ0v) is 7.92. The molecule has 0 atom stereocenters. The maximum absolute atomic E-state index is 11.2. The SMILES string of the molecule is CC(=O)Nc1cnn(C)c(=O)c1Cl. The van der Waals surface area contributed by atoms with E-state index in [4.69, 9.17) is 11.6 Å². The van der Waals surface area contributed by atoms with E-state index in [1.54, 1.807) is 0 Å². The number of nitrogens with one attached hydrogen (secondary N) is 1. The molecule has 1 aromatic heterocycles. The number of rotatable bonds is 1. The zero-order valence-electron chi connectivity index (χ0n) is 7.17. The van der Waals surface area contributed by atoms with Gasteiger partial charge in [0.15, 0.2) is 0 Å². The highest BCUT2D eigenvalue weighted by Crippen LogP contribution is 2.14. The molecule has 0 unspecified atom stereocenters. The summed E-state index contributed by atoms with van der Waals surface area (Å²) in [6, 6.07) is 0. The van der Waals surface area contributed by atoms with E-state index >= 15 is 0 Å². The molecule has 1 heterocycles. The largest absolute Gasteiger partial charge is 0.324 e. The summed E-state index contributed by atoms with van der Waals surface area (Å²) in [5.41, 5.74) is -0.204. The monoisotopic (exact) mass is 201 g/mol. The summed E-state index contributed by atoms with van der Waals surface area (Å²) in [6.45, 7) is 1.33. The quantitative estimate of drug-likeness (QED) is 0.715. The Morgan fingerprint density at radius 3 is 2.85 bits per heavy atom. The van der Waals surface area contributed by atoms with Crippen LogP contribution in [-0.4, -0.2) is 15.7 Å². The first-order valence-electron chi connectivity index (χ1n) is 3.51. The molecule has 0 spiro atoms. The number of hydrogen-bond donors (Lipinski definition) is 1. The van der Waals surface area contributed by atoms with E-state index in [2.05, 4.69) is 10.4 Å². The van der Waals surface area contributed by atoms with Crippen molar-refractivity contribution in [1.29, 1.82) is 0 Å². The number of halogens is 1. The third-order valence-electron chi connectivity index (χ3n) is 1.39. The fourth-order valence-electron chi connectivity index (χ4n) is 0.788. The van der Waals surface area contributed by atoms with Crippen LogP contribution in [0.3, 0.4) is 0 Å². The van der Waals surface area contributed by atoms with E-state index in [-0.39, 0.29) is 16.6 Å². The summed E-state index contributed by atoms with van der Waals surface area (Å²) in [5, 5.41) is 6.06. The molecule has 1 amide bonds. The van der Waals surface area contributed by atoms with Crippen molar-refractivity contribution in [2.45, 2.75) is 6.92 Å². The predicted molar refractivity (Wildman–Crippen MR) is 48.8 cm³/mol. The molecular formula is C7H8ClN3O2. The van der Waals surface area contributed by atoms with Gasteiger partial charge in [0.1, 0.15) is 5.02 Å². The van der Waals surface area contributed by atoms with E-state index in [0.717, 1.165) is 4.68 Å². The highest BCUT2D eigenvalue weighted by molar-refractivity contribution is 6.33. The lowest BCUT2D eigenvalue weighted by Gasteiger charge is -2.04. The highest BCUT2D eigenvalue weighted by Gasteiger charge is 2.07. The summed E-state index contributed by atoms with van der Waals surface area (Å²) in [4.78, 5) is 21.8. The number of amides is 1. The lowest BCUT2D eigenvalue weighted by atomic mass is 10.4. The van der Waals surface area contributed by atoms with Gasteiger partial charge < -0.3 is 5.32 Å². The van der Waals surface area contributed by atoms with Crippen LogP contribution < -0.4 is 10.9 Å². The standard InChI is InChI=1S/C7H8ClN3O2/c1-4(12)10-5-3-9-11(2)7(13)6(5)8/h3H,1-2H3,(H,10,12). The van der Waals surface area contributed by atoms with Crippen molar-refractivity contribution in [3.05, 3.63) is 21.6 Å². The average molecular weight is 202 g/mol. The van der Waals surface area contributed by atoms with Crippen LogP contribution in [0.15, 0.2) is 11.0 Å². The highest BCUT2D eigenvalue weighted by atomic mass is 35.5. The first kappa shape index (κ1) is 9.73. The summed E-state index contributed by atoms with van der Waals surface area (Å²) in [7, 11) is 1.48. The van der Waals surface area contributed by atoms with Gasteiger partial charge in [0.2, 0.25) is 5.91 Å². The van der Waals surface area contributed by atoms with E-state index in [9.17, 15) is 9.59 Å². The lowest BCUT2D eigenvalue weighted by Crippen LogP contribution is -2.21. The topological polar surface area (TPSA) is 64.0 Å². The molecule has 70 valence electrons. The second-order valence-corrected chi connectivity index (χ2v) is 2.86. The Bertz CT molecular complexity index is 399. The minimum absolute atomic E-state index is 0.0345. The van der Waals surface area contributed by atoms with E-state index in [1.807, 2.05) is 0 Å². The number of carbonyl (C=O) groups is 1. The fraction of sp³-hybridized carbons (Fsp3) is 0.286. The van der Waals surface area contributed by atoms with Crippen LogP contribution in [0.25, 0.3) is 0 Å². The van der Waals surface area contributed by atoms with Gasteiger partial charge in [0, 0.05) is 14.0 Å². The Hall–Kier alpha value is -1.36. The molecule has 6 heteroatoms. The van der Waals surface area contributed by atoms with Crippen molar-refractivity contribution < 1.29 is 4.79 Å². The van der Waals surface area contributed by atoms with Gasteiger partial charge in [-0.3, -0.25) is 9.59 Å². The first-order valence-corrected chi connectivity index (χ1v) is 3.89. The number of hydrogen-bond acceptors (Lipinski definition) is 3. The van der Waals surface area contributed by atoms with Crippen LogP contribution >= 0.6 is 11.6 Å². The van der Waals surface area contributed by atoms with Gasteiger partial charge in [-0.05, 0) is 0 Å². The Balaban J connectivity index is 3.18. The van der Waals surface area contributed by atoms with Gasteiger partial charge in [0.25, 0.3) is 5.56 Å². The van der Waals surface area contributed by atoms with E-state index in [0.29, 0.717) is 0 Å². The normalized spacial score (nSPS) is 9.77. The summed E-state index contributed by atoms with van der Waals surface area (Å²) in [6.07, 6.45) is 1.32. The van der Waals surface area contributed by atoms with Gasteiger partial charge in [0.05, 0.1) is 11.9 Å². The molecule has 13 heavy (non-hydrogen) atoms. The molecule has 1 aromatic rings. The van der Waals surface area contributed by atoms with Gasteiger partial charge in [-0.25, -0.2) is 4.68 Å². The molecule has 0 bridgehead atoms. The minimum atomic E-state index is -0.437.